The number of anilines is 2. The number of pyridine rings is 1. The molecule has 3 aromatic rings. The van der Waals surface area contributed by atoms with Gasteiger partial charge in [-0.2, -0.15) is 0 Å². The fourth-order valence-electron chi connectivity index (χ4n) is 4.58. The number of halogens is 1. The van der Waals surface area contributed by atoms with E-state index in [1.807, 2.05) is 20.9 Å². The average Bonchev–Trinajstić information content (AvgIpc) is 3.10. The molecule has 3 heterocycles. The molecule has 1 saturated heterocycles. The number of hydrogen-bond acceptors (Lipinski definition) is 5. The molecular weight excluding hydrogens is 409 g/mol. The third kappa shape index (κ3) is 4.26. The normalized spacial score (nSPS) is 14.1. The fraction of sp³-hybridized carbons (Fsp3) is 0.458. The van der Waals surface area contributed by atoms with Crippen molar-refractivity contribution in [2.75, 3.05) is 30.4 Å². The Morgan fingerprint density at radius 3 is 2.69 bits per heavy atom. The van der Waals surface area contributed by atoms with Crippen molar-refractivity contribution in [2.45, 2.75) is 46.0 Å². The molecular formula is C24H30FN5O2. The third-order valence-corrected chi connectivity index (χ3v) is 6.25. The van der Waals surface area contributed by atoms with E-state index in [0.717, 1.165) is 59.5 Å². The Morgan fingerprint density at radius 2 is 1.97 bits per heavy atom. The maximum atomic E-state index is 13.9. The summed E-state index contributed by atoms with van der Waals surface area (Å²) >= 11 is 0. The summed E-state index contributed by atoms with van der Waals surface area (Å²) in [4.78, 5) is 19.7. The highest BCUT2D eigenvalue weighted by Crippen LogP contribution is 2.32. The Kier molecular flexibility index (Phi) is 6.30. The highest BCUT2D eigenvalue weighted by Gasteiger charge is 2.20. The molecule has 0 unspecified atom stereocenters. The molecule has 32 heavy (non-hydrogen) atoms. The number of nitrogens with zero attached hydrogens (tertiary/aromatic N) is 4. The van der Waals surface area contributed by atoms with Gasteiger partial charge < -0.3 is 15.0 Å². The second-order valence-corrected chi connectivity index (χ2v) is 8.39. The maximum Gasteiger partial charge on any atom is 0.242 e. The molecule has 1 N–H and O–H groups in total. The van der Waals surface area contributed by atoms with Crippen molar-refractivity contribution in [3.05, 3.63) is 40.8 Å². The lowest BCUT2D eigenvalue weighted by Crippen LogP contribution is -2.30. The summed E-state index contributed by atoms with van der Waals surface area (Å²) in [6.45, 7) is 5.80. The summed E-state index contributed by atoms with van der Waals surface area (Å²) in [5.41, 5.74) is 5.08. The third-order valence-electron chi connectivity index (χ3n) is 6.25. The number of piperidine rings is 1. The molecule has 1 fully saturated rings. The van der Waals surface area contributed by atoms with Gasteiger partial charge in [0.05, 0.1) is 23.9 Å². The second kappa shape index (κ2) is 9.14. The number of aryl methyl sites for hydroxylation is 3. The number of rotatable bonds is 6. The van der Waals surface area contributed by atoms with Gasteiger partial charge in [0.1, 0.15) is 5.82 Å². The number of ether oxygens (including phenoxy) is 1. The van der Waals surface area contributed by atoms with E-state index in [1.165, 1.54) is 18.6 Å². The number of hydrogen-bond donors (Lipinski definition) is 1. The van der Waals surface area contributed by atoms with Crippen LogP contribution in [0.15, 0.2) is 18.2 Å². The molecule has 1 aliphatic rings. The van der Waals surface area contributed by atoms with Gasteiger partial charge in [-0.05, 0) is 68.9 Å². The highest BCUT2D eigenvalue weighted by molar-refractivity contribution is 5.94. The lowest BCUT2D eigenvalue weighted by atomic mass is 10.00. The minimum absolute atomic E-state index is 0.147. The van der Waals surface area contributed by atoms with Crippen LogP contribution in [0.5, 0.6) is 5.88 Å². The van der Waals surface area contributed by atoms with Crippen molar-refractivity contribution >= 4 is 28.3 Å². The summed E-state index contributed by atoms with van der Waals surface area (Å²) in [5.74, 6) is 0.0288. The smallest absolute Gasteiger partial charge is 0.242 e. The van der Waals surface area contributed by atoms with Crippen molar-refractivity contribution in [3.8, 4) is 5.88 Å². The molecule has 0 saturated carbocycles. The number of nitrogens with one attached hydrogen (secondary N) is 1. The van der Waals surface area contributed by atoms with Gasteiger partial charge in [-0.15, -0.1) is 5.10 Å². The van der Waals surface area contributed by atoms with E-state index in [1.54, 1.807) is 17.9 Å². The van der Waals surface area contributed by atoms with Gasteiger partial charge in [0, 0.05) is 32.3 Å². The first-order valence-corrected chi connectivity index (χ1v) is 11.1. The van der Waals surface area contributed by atoms with Gasteiger partial charge >= 0.3 is 0 Å². The molecule has 1 aromatic carbocycles. The van der Waals surface area contributed by atoms with E-state index in [9.17, 15) is 9.18 Å². The van der Waals surface area contributed by atoms with Crippen molar-refractivity contribution in [2.24, 2.45) is 7.05 Å². The molecule has 0 atom stereocenters. The molecule has 1 amide bonds. The molecule has 0 bridgehead atoms. The summed E-state index contributed by atoms with van der Waals surface area (Å²) in [6, 6.07) is 4.62. The number of fused-ring (bicyclic) bond motifs is 1. The maximum absolute atomic E-state index is 13.9. The van der Waals surface area contributed by atoms with Gasteiger partial charge in [-0.3, -0.25) is 4.79 Å². The van der Waals surface area contributed by atoms with Crippen molar-refractivity contribution in [1.82, 2.24) is 14.8 Å². The van der Waals surface area contributed by atoms with E-state index in [-0.39, 0.29) is 18.1 Å². The van der Waals surface area contributed by atoms with Gasteiger partial charge in [-0.25, -0.2) is 14.1 Å². The van der Waals surface area contributed by atoms with Gasteiger partial charge in [0.25, 0.3) is 0 Å². The lowest BCUT2D eigenvalue weighted by Gasteiger charge is -2.30. The van der Waals surface area contributed by atoms with Crippen LogP contribution in [-0.2, 0) is 18.3 Å². The second-order valence-electron chi connectivity index (χ2n) is 8.39. The van der Waals surface area contributed by atoms with Gasteiger partial charge in [0.2, 0.25) is 11.8 Å². The van der Waals surface area contributed by atoms with Crippen LogP contribution in [0.1, 0.15) is 42.5 Å². The lowest BCUT2D eigenvalue weighted by molar-refractivity contribution is -0.116. The van der Waals surface area contributed by atoms with Crippen molar-refractivity contribution < 1.29 is 13.9 Å². The Balaban J connectivity index is 1.53. The molecule has 170 valence electrons. The number of amides is 1. The predicted octanol–water partition coefficient (Wildman–Crippen LogP) is 4.29. The van der Waals surface area contributed by atoms with Crippen LogP contribution in [0, 0.1) is 19.7 Å². The first kappa shape index (κ1) is 22.0. The molecule has 2 aromatic heterocycles. The van der Waals surface area contributed by atoms with Crippen LogP contribution >= 0.6 is 0 Å². The zero-order valence-corrected chi connectivity index (χ0v) is 19.2. The Labute approximate surface area is 187 Å². The SMILES string of the molecule is COc1nn(C)c2nc(C)c(CCC(=O)Nc3cc(F)ccc3N3CCCCC3)c(C)c12. The summed E-state index contributed by atoms with van der Waals surface area (Å²) in [7, 11) is 3.43. The van der Waals surface area contributed by atoms with E-state index in [4.69, 9.17) is 4.74 Å². The predicted molar refractivity (Wildman–Crippen MR) is 124 cm³/mol. The highest BCUT2D eigenvalue weighted by atomic mass is 19.1. The first-order chi connectivity index (χ1) is 15.4. The van der Waals surface area contributed by atoms with E-state index < -0.39 is 0 Å². The molecule has 0 spiro atoms. The van der Waals surface area contributed by atoms with Crippen LogP contribution < -0.4 is 15.0 Å². The molecule has 1 aliphatic heterocycles. The van der Waals surface area contributed by atoms with Crippen LogP contribution in [0.3, 0.4) is 0 Å². The zero-order valence-electron chi connectivity index (χ0n) is 19.2. The van der Waals surface area contributed by atoms with Crippen LogP contribution in [0.4, 0.5) is 15.8 Å². The van der Waals surface area contributed by atoms with Gasteiger partial charge in [0.15, 0.2) is 5.65 Å². The van der Waals surface area contributed by atoms with Crippen LogP contribution in [0.2, 0.25) is 0 Å². The number of carbonyl (C=O) groups is 1. The van der Waals surface area contributed by atoms with Crippen molar-refractivity contribution in [3.63, 3.8) is 0 Å². The Morgan fingerprint density at radius 1 is 1.22 bits per heavy atom. The van der Waals surface area contributed by atoms with Crippen LogP contribution in [0.25, 0.3) is 11.0 Å². The van der Waals surface area contributed by atoms with Gasteiger partial charge in [-0.1, -0.05) is 0 Å². The zero-order chi connectivity index (χ0) is 22.8. The molecule has 0 aliphatic carbocycles. The minimum Gasteiger partial charge on any atom is -0.479 e. The largest absolute Gasteiger partial charge is 0.479 e. The average molecular weight is 440 g/mol. The molecule has 4 rings (SSSR count). The fourth-order valence-corrected chi connectivity index (χ4v) is 4.58. The number of carbonyl (C=O) groups excluding carboxylic acids is 1. The van der Waals surface area contributed by atoms with E-state index in [2.05, 4.69) is 20.3 Å². The molecule has 0 radical (unpaired) electrons. The topological polar surface area (TPSA) is 72.3 Å². The van der Waals surface area contributed by atoms with Crippen molar-refractivity contribution in [1.29, 1.82) is 0 Å². The number of benzene rings is 1. The Bertz CT molecular complexity index is 1150. The standard InChI is InChI=1S/C24H30FN5O2/c1-15-18(16(2)26-23-22(15)24(32-4)28-29(23)3)9-11-21(31)27-19-14-17(25)8-10-20(19)30-12-6-5-7-13-30/h8,10,14H,5-7,9,11-13H2,1-4H3,(H,27,31). The molecule has 8 heteroatoms. The van der Waals surface area contributed by atoms with E-state index >= 15 is 0 Å². The molecule has 7 nitrogen and oxygen atoms in total. The van der Waals surface area contributed by atoms with E-state index in [0.29, 0.717) is 18.0 Å². The minimum atomic E-state index is -0.355. The summed E-state index contributed by atoms with van der Waals surface area (Å²) in [6.07, 6.45) is 4.22. The Hall–Kier alpha value is -3.16. The summed E-state index contributed by atoms with van der Waals surface area (Å²) in [5, 5.41) is 8.19. The number of methoxy groups -OCH3 is 1. The monoisotopic (exact) mass is 439 g/mol. The quantitative estimate of drug-likeness (QED) is 0.620. The summed E-state index contributed by atoms with van der Waals surface area (Å²) < 4.78 is 21.1. The number of aromatic nitrogens is 3. The first-order valence-electron chi connectivity index (χ1n) is 11.1. The van der Waals surface area contributed by atoms with Crippen LogP contribution in [-0.4, -0.2) is 40.9 Å².